The Kier molecular flexibility index (Phi) is 2.99. The minimum absolute atomic E-state index is 0.119. The number of hydrogen-bond donors (Lipinski definition) is 2. The van der Waals surface area contributed by atoms with Crippen LogP contribution in [0.25, 0.3) is 0 Å². The first kappa shape index (κ1) is 9.88. The lowest BCUT2D eigenvalue weighted by Gasteiger charge is -2.17. The number of amides is 1. The van der Waals surface area contributed by atoms with Crippen molar-refractivity contribution in [2.24, 2.45) is 5.41 Å². The lowest BCUT2D eigenvalue weighted by molar-refractivity contribution is -0.127. The van der Waals surface area contributed by atoms with Crippen LogP contribution < -0.4 is 5.32 Å². The Labute approximate surface area is 67.0 Å². The normalized spacial score (nSPS) is 10.5. The predicted molar refractivity (Wildman–Crippen MR) is 45.5 cm³/mol. The number of carbonyl (C=O) groups excluding carboxylic acids is 1. The van der Waals surface area contributed by atoms with Crippen LogP contribution in [-0.4, -0.2) is 12.1 Å². The number of carbonyl (C=O) groups is 1. The summed E-state index contributed by atoms with van der Waals surface area (Å²) in [5, 5.41) is 9.26. The maximum Gasteiger partial charge on any atom is 0.229 e. The molecule has 2 N–H and O–H groups in total. The Morgan fingerprint density at radius 2 is 2.00 bits per heavy atom. The highest BCUT2D eigenvalue weighted by Gasteiger charge is 2.20. The summed E-state index contributed by atoms with van der Waals surface area (Å²) in [6.45, 7) is 8.87. The average Bonchev–Trinajstić information content (AvgIpc) is 1.85. The Balaban J connectivity index is 4.09. The Hall–Kier alpha value is -1.12. The van der Waals surface area contributed by atoms with Crippen molar-refractivity contribution in [3.8, 4) is 0 Å². The van der Waals surface area contributed by atoms with Crippen molar-refractivity contribution in [3.63, 3.8) is 0 Å². The highest BCUT2D eigenvalue weighted by atomic mass is 16.2. The van der Waals surface area contributed by atoms with Gasteiger partial charge in [-0.2, -0.15) is 0 Å². The zero-order valence-electron chi connectivity index (χ0n) is 7.19. The molecular weight excluding hydrogens is 140 g/mol. The van der Waals surface area contributed by atoms with Gasteiger partial charge in [0.25, 0.3) is 0 Å². The predicted octanol–water partition coefficient (Wildman–Crippen LogP) is 1.31. The van der Waals surface area contributed by atoms with Crippen molar-refractivity contribution in [1.82, 2.24) is 5.32 Å². The van der Waals surface area contributed by atoms with Gasteiger partial charge < -0.3 is 10.7 Å². The van der Waals surface area contributed by atoms with Crippen LogP contribution in [0.15, 0.2) is 12.3 Å². The SMILES string of the molecule is C=C(C=N)NC(=O)C(C)(C)C. The molecule has 0 heterocycles. The third-order valence-corrected chi connectivity index (χ3v) is 1.13. The lowest BCUT2D eigenvalue weighted by atomic mass is 9.96. The molecule has 0 aliphatic heterocycles. The van der Waals surface area contributed by atoms with Crippen LogP contribution >= 0.6 is 0 Å². The smallest absolute Gasteiger partial charge is 0.229 e. The van der Waals surface area contributed by atoms with Crippen LogP contribution in [0.5, 0.6) is 0 Å². The van der Waals surface area contributed by atoms with E-state index < -0.39 is 5.41 Å². The zero-order chi connectivity index (χ0) is 9.07. The summed E-state index contributed by atoms with van der Waals surface area (Å²) >= 11 is 0. The molecule has 0 aliphatic carbocycles. The molecule has 0 saturated heterocycles. The van der Waals surface area contributed by atoms with E-state index in [-0.39, 0.29) is 5.91 Å². The summed E-state index contributed by atoms with van der Waals surface area (Å²) in [4.78, 5) is 11.2. The molecule has 0 aromatic heterocycles. The topological polar surface area (TPSA) is 53.0 Å². The van der Waals surface area contributed by atoms with Gasteiger partial charge in [-0.15, -0.1) is 0 Å². The first-order valence-electron chi connectivity index (χ1n) is 3.39. The number of rotatable bonds is 2. The summed E-state index contributed by atoms with van der Waals surface area (Å²) in [6.07, 6.45) is 1.02. The Morgan fingerprint density at radius 3 is 2.27 bits per heavy atom. The Bertz CT molecular complexity index is 189. The number of nitrogens with one attached hydrogen (secondary N) is 2. The van der Waals surface area contributed by atoms with E-state index in [1.54, 1.807) is 20.8 Å². The van der Waals surface area contributed by atoms with E-state index in [1.165, 1.54) is 0 Å². The summed E-state index contributed by atoms with van der Waals surface area (Å²) in [5.74, 6) is -0.119. The molecule has 3 nitrogen and oxygen atoms in total. The quantitative estimate of drug-likeness (QED) is 0.579. The first-order chi connectivity index (χ1) is 4.88. The molecule has 3 heteroatoms. The molecule has 0 aromatic rings. The van der Waals surface area contributed by atoms with Gasteiger partial charge in [0.2, 0.25) is 5.91 Å². The molecule has 0 rings (SSSR count). The molecule has 11 heavy (non-hydrogen) atoms. The van der Waals surface area contributed by atoms with Crippen LogP contribution in [0.2, 0.25) is 0 Å². The monoisotopic (exact) mass is 154 g/mol. The second-order valence-electron chi connectivity index (χ2n) is 3.37. The summed E-state index contributed by atoms with van der Waals surface area (Å²) in [7, 11) is 0. The maximum atomic E-state index is 11.2. The van der Waals surface area contributed by atoms with Crippen molar-refractivity contribution in [2.45, 2.75) is 20.8 Å². The zero-order valence-corrected chi connectivity index (χ0v) is 7.19. The maximum absolute atomic E-state index is 11.2. The van der Waals surface area contributed by atoms with Crippen molar-refractivity contribution in [2.75, 3.05) is 0 Å². The van der Waals surface area contributed by atoms with Crippen LogP contribution in [0.3, 0.4) is 0 Å². The van der Waals surface area contributed by atoms with Gasteiger partial charge in [0.05, 0.1) is 5.70 Å². The molecule has 0 radical (unpaired) electrons. The lowest BCUT2D eigenvalue weighted by Crippen LogP contribution is -2.34. The number of hydrogen-bond acceptors (Lipinski definition) is 2. The molecule has 1 amide bonds. The van der Waals surface area contributed by atoms with E-state index in [9.17, 15) is 4.79 Å². The van der Waals surface area contributed by atoms with Gasteiger partial charge in [0, 0.05) is 11.6 Å². The van der Waals surface area contributed by atoms with E-state index in [4.69, 9.17) is 5.41 Å². The first-order valence-corrected chi connectivity index (χ1v) is 3.39. The van der Waals surface area contributed by atoms with Crippen molar-refractivity contribution >= 4 is 12.1 Å². The molecule has 0 bridgehead atoms. The van der Waals surface area contributed by atoms with E-state index in [2.05, 4.69) is 11.9 Å². The standard InChI is InChI=1S/C8H14N2O/c1-6(5-9)10-7(11)8(2,3)4/h5,9H,1H2,2-4H3,(H,10,11). The average molecular weight is 154 g/mol. The van der Waals surface area contributed by atoms with Crippen LogP contribution in [0.1, 0.15) is 20.8 Å². The minimum Gasteiger partial charge on any atom is -0.325 e. The third-order valence-electron chi connectivity index (χ3n) is 1.13. The fourth-order valence-electron chi connectivity index (χ4n) is 0.369. The van der Waals surface area contributed by atoms with Crippen molar-refractivity contribution in [3.05, 3.63) is 12.3 Å². The molecule has 0 spiro atoms. The highest BCUT2D eigenvalue weighted by molar-refractivity contribution is 5.89. The molecule has 0 unspecified atom stereocenters. The van der Waals surface area contributed by atoms with Gasteiger partial charge >= 0.3 is 0 Å². The van der Waals surface area contributed by atoms with E-state index in [1.807, 2.05) is 0 Å². The summed E-state index contributed by atoms with van der Waals surface area (Å²) in [6, 6.07) is 0. The molecular formula is C8H14N2O. The third kappa shape index (κ3) is 3.55. The highest BCUT2D eigenvalue weighted by Crippen LogP contribution is 2.12. The molecule has 0 fully saturated rings. The van der Waals surface area contributed by atoms with Crippen LogP contribution in [0.4, 0.5) is 0 Å². The van der Waals surface area contributed by atoms with Gasteiger partial charge in [-0.25, -0.2) is 0 Å². The van der Waals surface area contributed by atoms with Gasteiger partial charge in [0.15, 0.2) is 0 Å². The summed E-state index contributed by atoms with van der Waals surface area (Å²) < 4.78 is 0. The van der Waals surface area contributed by atoms with Gasteiger partial charge in [-0.3, -0.25) is 4.79 Å². The molecule has 0 saturated carbocycles. The fraction of sp³-hybridized carbons (Fsp3) is 0.500. The van der Waals surface area contributed by atoms with Gasteiger partial charge in [-0.1, -0.05) is 27.4 Å². The second kappa shape index (κ2) is 3.32. The van der Waals surface area contributed by atoms with Gasteiger partial charge in [-0.05, 0) is 0 Å². The molecule has 62 valence electrons. The van der Waals surface area contributed by atoms with E-state index in [0.29, 0.717) is 5.70 Å². The molecule has 0 aliphatic rings. The van der Waals surface area contributed by atoms with Crippen LogP contribution in [0, 0.1) is 10.8 Å². The van der Waals surface area contributed by atoms with E-state index in [0.717, 1.165) is 6.21 Å². The number of allylic oxidation sites excluding steroid dienone is 1. The minimum atomic E-state index is -0.425. The molecule has 0 atom stereocenters. The Morgan fingerprint density at radius 1 is 1.55 bits per heavy atom. The van der Waals surface area contributed by atoms with Crippen LogP contribution in [-0.2, 0) is 4.79 Å². The van der Waals surface area contributed by atoms with Gasteiger partial charge in [0.1, 0.15) is 0 Å². The molecule has 0 aromatic carbocycles. The summed E-state index contributed by atoms with van der Waals surface area (Å²) in [5.41, 5.74) is -0.101. The largest absolute Gasteiger partial charge is 0.325 e. The second-order valence-corrected chi connectivity index (χ2v) is 3.37. The van der Waals surface area contributed by atoms with Crippen molar-refractivity contribution < 1.29 is 4.79 Å². The fourth-order valence-corrected chi connectivity index (χ4v) is 0.369. The van der Waals surface area contributed by atoms with E-state index >= 15 is 0 Å². The van der Waals surface area contributed by atoms with Crippen molar-refractivity contribution in [1.29, 1.82) is 5.41 Å².